The van der Waals surface area contributed by atoms with Gasteiger partial charge in [0, 0.05) is 6.92 Å². The van der Waals surface area contributed by atoms with E-state index < -0.39 is 75.3 Å². The zero-order chi connectivity index (χ0) is 18.8. The Labute approximate surface area is 133 Å². The van der Waals surface area contributed by atoms with Crippen LogP contribution in [0.25, 0.3) is 0 Å². The van der Waals surface area contributed by atoms with Crippen molar-refractivity contribution in [1.29, 1.82) is 0 Å². The van der Waals surface area contributed by atoms with Crippen molar-refractivity contribution in [3.05, 3.63) is 46.5 Å². The molecule has 0 unspecified atom stereocenters. The Hall–Kier alpha value is -2.85. The fraction of sp³-hybridized carbons (Fsp3) is 0.0714. The number of fused-ring (bicyclic) bond motifs is 2. The van der Waals surface area contributed by atoms with Crippen LogP contribution >= 0.6 is 0 Å². The van der Waals surface area contributed by atoms with E-state index in [0.29, 0.717) is 6.92 Å². The van der Waals surface area contributed by atoms with Crippen molar-refractivity contribution in [2.75, 3.05) is 4.90 Å². The summed E-state index contributed by atoms with van der Waals surface area (Å²) in [4.78, 5) is 11.5. The van der Waals surface area contributed by atoms with Gasteiger partial charge >= 0.3 is 0 Å². The monoisotopic (exact) mass is 369 g/mol. The zero-order valence-electron chi connectivity index (χ0n) is 11.8. The topological polar surface area (TPSA) is 29.5 Å². The SMILES string of the molecule is CC(=O)N1c2c(F)c(F)c(F)c(F)c2Oc2c(F)c(F)c(F)c(F)c21. The number of hydrogen-bond donors (Lipinski definition) is 0. The molecular weight excluding hydrogens is 366 g/mol. The van der Waals surface area contributed by atoms with E-state index in [4.69, 9.17) is 0 Å². The summed E-state index contributed by atoms with van der Waals surface area (Å²) in [5, 5.41) is 0. The number of nitrogens with zero attached hydrogens (tertiary/aromatic N) is 1. The highest BCUT2D eigenvalue weighted by molar-refractivity contribution is 6.03. The number of carbonyl (C=O) groups excluding carboxylic acids is 1. The highest BCUT2D eigenvalue weighted by atomic mass is 19.2. The van der Waals surface area contributed by atoms with E-state index in [9.17, 15) is 39.9 Å². The van der Waals surface area contributed by atoms with Crippen LogP contribution in [0.4, 0.5) is 46.5 Å². The van der Waals surface area contributed by atoms with Crippen molar-refractivity contribution < 1.29 is 44.7 Å². The summed E-state index contributed by atoms with van der Waals surface area (Å²) in [5.74, 6) is -22.7. The van der Waals surface area contributed by atoms with Gasteiger partial charge in [0.25, 0.3) is 0 Å². The molecule has 3 nitrogen and oxygen atoms in total. The molecule has 25 heavy (non-hydrogen) atoms. The van der Waals surface area contributed by atoms with Crippen molar-refractivity contribution in [3.63, 3.8) is 0 Å². The molecule has 132 valence electrons. The van der Waals surface area contributed by atoms with Gasteiger partial charge in [0.1, 0.15) is 11.4 Å². The second-order valence-electron chi connectivity index (χ2n) is 4.82. The van der Waals surface area contributed by atoms with Crippen molar-refractivity contribution >= 4 is 17.3 Å². The number of hydrogen-bond acceptors (Lipinski definition) is 2. The molecule has 0 atom stereocenters. The van der Waals surface area contributed by atoms with Crippen molar-refractivity contribution in [1.82, 2.24) is 0 Å². The summed E-state index contributed by atoms with van der Waals surface area (Å²) in [6.45, 7) is 0.621. The Kier molecular flexibility index (Phi) is 3.62. The lowest BCUT2D eigenvalue weighted by Gasteiger charge is -2.31. The standard InChI is InChI=1S/C14H3F8NO2/c1-2(24)23-11-7(19)3(15)5(17)9(21)13(11)25-14-10(22)6(18)4(16)8(20)12(14)23/h1H3. The molecule has 0 radical (unpaired) electrons. The molecule has 1 aliphatic heterocycles. The van der Waals surface area contributed by atoms with Gasteiger partial charge in [0.05, 0.1) is 0 Å². The number of anilines is 2. The van der Waals surface area contributed by atoms with E-state index in [1.54, 1.807) is 0 Å². The van der Waals surface area contributed by atoms with Crippen LogP contribution in [0.15, 0.2) is 0 Å². The molecule has 1 aliphatic rings. The molecule has 0 saturated heterocycles. The van der Waals surface area contributed by atoms with Gasteiger partial charge in [0.15, 0.2) is 34.8 Å². The number of benzene rings is 2. The number of amides is 1. The molecule has 0 N–H and O–H groups in total. The lowest BCUT2D eigenvalue weighted by Crippen LogP contribution is -2.30. The quantitative estimate of drug-likeness (QED) is 0.386. The van der Waals surface area contributed by atoms with Gasteiger partial charge in [-0.3, -0.25) is 9.69 Å². The Bertz CT molecular complexity index is 890. The van der Waals surface area contributed by atoms with E-state index in [-0.39, 0.29) is 4.90 Å². The van der Waals surface area contributed by atoms with Crippen LogP contribution in [-0.4, -0.2) is 5.91 Å². The molecule has 11 heteroatoms. The summed E-state index contributed by atoms with van der Waals surface area (Å²) in [7, 11) is 0. The first-order valence-corrected chi connectivity index (χ1v) is 6.30. The molecule has 0 spiro atoms. The third kappa shape index (κ3) is 2.07. The maximum atomic E-state index is 14.0. The summed E-state index contributed by atoms with van der Waals surface area (Å²) in [6, 6.07) is 0. The Morgan fingerprint density at radius 2 is 0.960 bits per heavy atom. The maximum Gasteiger partial charge on any atom is 0.228 e. The van der Waals surface area contributed by atoms with Gasteiger partial charge in [-0.05, 0) is 0 Å². The highest BCUT2D eigenvalue weighted by Gasteiger charge is 2.42. The van der Waals surface area contributed by atoms with E-state index in [2.05, 4.69) is 4.74 Å². The molecule has 1 amide bonds. The third-order valence-electron chi connectivity index (χ3n) is 3.37. The minimum atomic E-state index is -2.38. The van der Waals surface area contributed by atoms with Gasteiger partial charge in [-0.25, -0.2) is 26.3 Å². The largest absolute Gasteiger partial charge is 0.446 e. The lowest BCUT2D eigenvalue weighted by atomic mass is 10.1. The van der Waals surface area contributed by atoms with E-state index >= 15 is 0 Å². The number of ether oxygens (including phenoxy) is 1. The van der Waals surface area contributed by atoms with Crippen molar-refractivity contribution in [2.24, 2.45) is 0 Å². The summed E-state index contributed by atoms with van der Waals surface area (Å²) in [5.41, 5.74) is -2.92. The normalized spacial score (nSPS) is 12.6. The van der Waals surface area contributed by atoms with Crippen LogP contribution in [0, 0.1) is 46.5 Å². The molecule has 0 bridgehead atoms. The van der Waals surface area contributed by atoms with Crippen LogP contribution in [-0.2, 0) is 4.79 Å². The van der Waals surface area contributed by atoms with Crippen molar-refractivity contribution in [3.8, 4) is 11.5 Å². The fourth-order valence-electron chi connectivity index (χ4n) is 2.31. The maximum absolute atomic E-state index is 14.0. The van der Waals surface area contributed by atoms with Crippen LogP contribution in [0.1, 0.15) is 6.92 Å². The van der Waals surface area contributed by atoms with E-state index in [1.807, 2.05) is 0 Å². The Morgan fingerprint density at radius 3 is 1.28 bits per heavy atom. The average molecular weight is 369 g/mol. The van der Waals surface area contributed by atoms with Crippen LogP contribution in [0.5, 0.6) is 11.5 Å². The fourth-order valence-corrected chi connectivity index (χ4v) is 2.31. The van der Waals surface area contributed by atoms with Gasteiger partial charge in [-0.15, -0.1) is 0 Å². The van der Waals surface area contributed by atoms with Gasteiger partial charge in [-0.1, -0.05) is 0 Å². The lowest BCUT2D eigenvalue weighted by molar-refractivity contribution is -0.116. The summed E-state index contributed by atoms with van der Waals surface area (Å²) < 4.78 is 114. The van der Waals surface area contributed by atoms with Gasteiger partial charge in [0.2, 0.25) is 29.2 Å². The first-order valence-electron chi connectivity index (χ1n) is 6.30. The highest BCUT2D eigenvalue weighted by Crippen LogP contribution is 2.53. The number of carbonyl (C=O) groups is 1. The van der Waals surface area contributed by atoms with Crippen LogP contribution < -0.4 is 9.64 Å². The number of halogens is 8. The minimum absolute atomic E-state index is 0.184. The zero-order valence-corrected chi connectivity index (χ0v) is 11.8. The summed E-state index contributed by atoms with van der Waals surface area (Å²) >= 11 is 0. The predicted octanol–water partition coefficient (Wildman–Crippen LogP) is 4.59. The van der Waals surface area contributed by atoms with Crippen LogP contribution in [0.3, 0.4) is 0 Å². The molecule has 0 aromatic heterocycles. The van der Waals surface area contributed by atoms with E-state index in [1.165, 1.54) is 0 Å². The molecule has 2 aromatic carbocycles. The average Bonchev–Trinajstić information content (AvgIpc) is 2.59. The predicted molar refractivity (Wildman–Crippen MR) is 65.4 cm³/mol. The first kappa shape index (κ1) is 17.0. The second-order valence-corrected chi connectivity index (χ2v) is 4.82. The molecule has 0 fully saturated rings. The summed E-state index contributed by atoms with van der Waals surface area (Å²) in [6.07, 6.45) is 0. The first-order chi connectivity index (χ1) is 11.6. The van der Waals surface area contributed by atoms with Gasteiger partial charge in [-0.2, -0.15) is 8.78 Å². The van der Waals surface area contributed by atoms with E-state index in [0.717, 1.165) is 0 Å². The molecular formula is C14H3F8NO2. The number of rotatable bonds is 0. The van der Waals surface area contributed by atoms with Gasteiger partial charge < -0.3 is 4.74 Å². The van der Waals surface area contributed by atoms with Crippen LogP contribution in [0.2, 0.25) is 0 Å². The molecule has 0 saturated carbocycles. The third-order valence-corrected chi connectivity index (χ3v) is 3.37. The minimum Gasteiger partial charge on any atom is -0.446 e. The molecule has 1 heterocycles. The second kappa shape index (κ2) is 5.33. The smallest absolute Gasteiger partial charge is 0.228 e. The Morgan fingerprint density at radius 1 is 0.640 bits per heavy atom. The van der Waals surface area contributed by atoms with Crippen molar-refractivity contribution in [2.45, 2.75) is 6.92 Å². The Balaban J connectivity index is 2.49. The molecule has 0 aliphatic carbocycles. The molecule has 3 rings (SSSR count). The molecule has 2 aromatic rings.